The molecule has 0 fully saturated rings. The minimum atomic E-state index is -0.626. The van der Waals surface area contributed by atoms with Crippen LogP contribution in [0.25, 0.3) is 6.08 Å². The van der Waals surface area contributed by atoms with E-state index in [1.54, 1.807) is 48.4 Å². The Morgan fingerprint density at radius 2 is 1.97 bits per heavy atom. The third kappa shape index (κ3) is 4.30. The van der Waals surface area contributed by atoms with Crippen molar-refractivity contribution in [3.63, 3.8) is 0 Å². The fraction of sp³-hybridized carbons (Fsp3) is 0.0952. The van der Waals surface area contributed by atoms with Crippen LogP contribution in [0.2, 0.25) is 0 Å². The molecule has 2 aromatic carbocycles. The van der Waals surface area contributed by atoms with Crippen LogP contribution < -0.4 is 20.1 Å². The van der Waals surface area contributed by atoms with E-state index in [1.807, 2.05) is 0 Å². The zero-order valence-corrected chi connectivity index (χ0v) is 15.9. The number of rotatable bonds is 5. The van der Waals surface area contributed by atoms with Gasteiger partial charge in [0.15, 0.2) is 11.5 Å². The number of hydrogen-bond acceptors (Lipinski definition) is 5. The number of amides is 2. The summed E-state index contributed by atoms with van der Waals surface area (Å²) in [6, 6.07) is 8.71. The van der Waals surface area contributed by atoms with Gasteiger partial charge in [-0.15, -0.1) is 0 Å². The molecule has 0 spiro atoms. The van der Waals surface area contributed by atoms with E-state index in [1.165, 1.54) is 18.2 Å². The van der Waals surface area contributed by atoms with Crippen molar-refractivity contribution in [2.75, 3.05) is 17.4 Å². The van der Waals surface area contributed by atoms with Gasteiger partial charge < -0.3 is 20.1 Å². The summed E-state index contributed by atoms with van der Waals surface area (Å²) in [5.41, 5.74) is 1.36. The van der Waals surface area contributed by atoms with Crippen LogP contribution in [0.5, 0.6) is 11.5 Å². The summed E-state index contributed by atoms with van der Waals surface area (Å²) >= 11 is 0. The van der Waals surface area contributed by atoms with Gasteiger partial charge in [0, 0.05) is 36.1 Å². The summed E-state index contributed by atoms with van der Waals surface area (Å²) in [7, 11) is 1.76. The summed E-state index contributed by atoms with van der Waals surface area (Å²) in [6.07, 6.45) is 6.16. The van der Waals surface area contributed by atoms with E-state index in [9.17, 15) is 14.0 Å². The van der Waals surface area contributed by atoms with Crippen molar-refractivity contribution in [1.82, 2.24) is 9.78 Å². The van der Waals surface area contributed by atoms with E-state index < -0.39 is 17.6 Å². The van der Waals surface area contributed by atoms with Crippen LogP contribution in [0.15, 0.2) is 54.9 Å². The lowest BCUT2D eigenvalue weighted by atomic mass is 10.1. The summed E-state index contributed by atoms with van der Waals surface area (Å²) in [5.74, 6) is -0.502. The van der Waals surface area contributed by atoms with E-state index in [4.69, 9.17) is 9.47 Å². The van der Waals surface area contributed by atoms with E-state index in [2.05, 4.69) is 15.7 Å². The Hall–Kier alpha value is -4.14. The summed E-state index contributed by atoms with van der Waals surface area (Å²) < 4.78 is 26.2. The number of anilines is 2. The number of nitrogens with zero attached hydrogens (tertiary/aromatic N) is 2. The molecule has 1 aromatic heterocycles. The summed E-state index contributed by atoms with van der Waals surface area (Å²) in [5, 5.41) is 9.12. The maximum absolute atomic E-state index is 14.1. The highest BCUT2D eigenvalue weighted by atomic mass is 19.1. The summed E-state index contributed by atoms with van der Waals surface area (Å²) in [6.45, 7) is 0.108. The molecule has 30 heavy (non-hydrogen) atoms. The summed E-state index contributed by atoms with van der Waals surface area (Å²) in [4.78, 5) is 24.6. The predicted octanol–water partition coefficient (Wildman–Crippen LogP) is 3.19. The van der Waals surface area contributed by atoms with E-state index in [0.29, 0.717) is 22.7 Å². The molecule has 2 heterocycles. The van der Waals surface area contributed by atoms with Crippen molar-refractivity contribution in [3.8, 4) is 11.5 Å². The van der Waals surface area contributed by atoms with Crippen LogP contribution in [-0.2, 0) is 11.8 Å². The first-order valence-corrected chi connectivity index (χ1v) is 8.96. The van der Waals surface area contributed by atoms with Crippen LogP contribution in [0, 0.1) is 5.82 Å². The first-order chi connectivity index (χ1) is 14.5. The van der Waals surface area contributed by atoms with E-state index in [0.717, 1.165) is 11.6 Å². The molecule has 152 valence electrons. The van der Waals surface area contributed by atoms with Gasteiger partial charge in [0.05, 0.1) is 11.9 Å². The fourth-order valence-corrected chi connectivity index (χ4v) is 2.81. The number of hydrogen-bond donors (Lipinski definition) is 2. The third-order valence-electron chi connectivity index (χ3n) is 4.27. The van der Waals surface area contributed by atoms with Gasteiger partial charge >= 0.3 is 0 Å². The molecule has 0 atom stereocenters. The van der Waals surface area contributed by atoms with Crippen molar-refractivity contribution >= 4 is 29.3 Å². The molecule has 0 saturated heterocycles. The van der Waals surface area contributed by atoms with Gasteiger partial charge in [0.25, 0.3) is 5.91 Å². The smallest absolute Gasteiger partial charge is 0.255 e. The van der Waals surface area contributed by atoms with Crippen molar-refractivity contribution in [2.45, 2.75) is 0 Å². The van der Waals surface area contributed by atoms with Crippen molar-refractivity contribution in [2.24, 2.45) is 7.05 Å². The molecule has 2 amide bonds. The predicted molar refractivity (Wildman–Crippen MR) is 108 cm³/mol. The molecular weight excluding hydrogens is 391 g/mol. The van der Waals surface area contributed by atoms with Crippen molar-refractivity contribution < 1.29 is 23.5 Å². The van der Waals surface area contributed by atoms with Gasteiger partial charge in [-0.1, -0.05) is 0 Å². The first-order valence-electron chi connectivity index (χ1n) is 8.96. The number of aryl methyl sites for hydroxylation is 1. The van der Waals surface area contributed by atoms with Gasteiger partial charge in [0.1, 0.15) is 5.82 Å². The molecule has 0 aliphatic carbocycles. The van der Waals surface area contributed by atoms with Crippen molar-refractivity contribution in [1.29, 1.82) is 0 Å². The maximum Gasteiger partial charge on any atom is 0.255 e. The highest BCUT2D eigenvalue weighted by Crippen LogP contribution is 2.32. The number of aromatic nitrogens is 2. The lowest BCUT2D eigenvalue weighted by molar-refractivity contribution is -0.111. The lowest BCUT2D eigenvalue weighted by Crippen LogP contribution is -2.13. The fourth-order valence-electron chi connectivity index (χ4n) is 2.81. The monoisotopic (exact) mass is 408 g/mol. The average Bonchev–Trinajstić information content (AvgIpc) is 3.37. The molecule has 3 aromatic rings. The minimum Gasteiger partial charge on any atom is -0.454 e. The second-order valence-electron chi connectivity index (χ2n) is 6.49. The van der Waals surface area contributed by atoms with Gasteiger partial charge in [-0.3, -0.25) is 14.3 Å². The average molecular weight is 408 g/mol. The van der Waals surface area contributed by atoms with Gasteiger partial charge in [0.2, 0.25) is 12.7 Å². The molecular formula is C21H17FN4O4. The quantitative estimate of drug-likeness (QED) is 0.633. The second kappa shape index (κ2) is 8.08. The largest absolute Gasteiger partial charge is 0.454 e. The number of fused-ring (bicyclic) bond motifs is 1. The standard InChI is InChI=1S/C21H17FN4O4/c1-26-11-13(10-23-26)2-7-20(27)25-17-9-15(4-5-16(17)22)24-21(28)14-3-6-18-19(8-14)30-12-29-18/h2-11H,12H2,1H3,(H,24,28)(H,25,27)/b7-2+. The van der Waals surface area contributed by atoms with E-state index in [-0.39, 0.29) is 12.5 Å². The highest BCUT2D eigenvalue weighted by molar-refractivity contribution is 6.06. The van der Waals surface area contributed by atoms with Gasteiger partial charge in [-0.05, 0) is 42.5 Å². The van der Waals surface area contributed by atoms with Crippen molar-refractivity contribution in [3.05, 3.63) is 71.8 Å². The molecule has 2 N–H and O–H groups in total. The molecule has 4 rings (SSSR count). The molecule has 1 aliphatic rings. The van der Waals surface area contributed by atoms with Crippen LogP contribution >= 0.6 is 0 Å². The van der Waals surface area contributed by atoms with Crippen LogP contribution in [0.1, 0.15) is 15.9 Å². The van der Waals surface area contributed by atoms with E-state index >= 15 is 0 Å². The number of nitrogens with one attached hydrogen (secondary N) is 2. The number of benzene rings is 2. The molecule has 0 unspecified atom stereocenters. The molecule has 0 radical (unpaired) electrons. The molecule has 1 aliphatic heterocycles. The Labute approximate surface area is 170 Å². The Morgan fingerprint density at radius 1 is 1.13 bits per heavy atom. The Bertz CT molecular complexity index is 1160. The van der Waals surface area contributed by atoms with Crippen LogP contribution in [0.4, 0.5) is 15.8 Å². The number of carbonyl (C=O) groups excluding carboxylic acids is 2. The Morgan fingerprint density at radius 3 is 2.77 bits per heavy atom. The highest BCUT2D eigenvalue weighted by Gasteiger charge is 2.17. The molecule has 0 saturated carbocycles. The number of carbonyl (C=O) groups is 2. The first kappa shape index (κ1) is 19.2. The topological polar surface area (TPSA) is 94.5 Å². The molecule has 0 bridgehead atoms. The third-order valence-corrected chi connectivity index (χ3v) is 4.27. The lowest BCUT2D eigenvalue weighted by Gasteiger charge is -2.09. The van der Waals surface area contributed by atoms with Crippen LogP contribution in [0.3, 0.4) is 0 Å². The molecule has 8 nitrogen and oxygen atoms in total. The van der Waals surface area contributed by atoms with Crippen LogP contribution in [-0.4, -0.2) is 28.4 Å². The maximum atomic E-state index is 14.1. The number of halogens is 1. The minimum absolute atomic E-state index is 0.0562. The second-order valence-corrected chi connectivity index (χ2v) is 6.49. The normalized spacial score (nSPS) is 12.2. The zero-order valence-electron chi connectivity index (χ0n) is 15.9. The molecule has 9 heteroatoms. The number of ether oxygens (including phenoxy) is 2. The Balaban J connectivity index is 1.44. The van der Waals surface area contributed by atoms with Gasteiger partial charge in [-0.2, -0.15) is 5.10 Å². The zero-order chi connectivity index (χ0) is 21.1. The Kier molecular flexibility index (Phi) is 5.17. The van der Waals surface area contributed by atoms with Gasteiger partial charge in [-0.25, -0.2) is 4.39 Å². The SMILES string of the molecule is Cn1cc(/C=C/C(=O)Nc2cc(NC(=O)c3ccc4c(c3)OCO4)ccc2F)cn1.